The van der Waals surface area contributed by atoms with E-state index in [0.717, 1.165) is 41.9 Å². The first-order chi connectivity index (χ1) is 13.7. The molecule has 0 spiro atoms. The van der Waals surface area contributed by atoms with Gasteiger partial charge in [-0.2, -0.15) is 0 Å². The molecular weight excluding hydrogens is 352 g/mol. The molecule has 3 N–H and O–H groups in total. The number of hydrogen-bond donors (Lipinski definition) is 2. The number of fused-ring (bicyclic) bond motifs is 1. The molecule has 0 saturated carbocycles. The molecule has 1 aliphatic heterocycles. The van der Waals surface area contributed by atoms with Crippen LogP contribution in [0.2, 0.25) is 0 Å². The third kappa shape index (κ3) is 4.48. The Morgan fingerprint density at radius 3 is 2.82 bits per heavy atom. The number of hydrogen-bond acceptors (Lipinski definition) is 7. The Hall–Kier alpha value is -2.93. The minimum atomic E-state index is 0.497. The first-order valence-corrected chi connectivity index (χ1v) is 9.68. The fraction of sp³-hybridized carbons (Fsp3) is 0.381. The Morgan fingerprint density at radius 2 is 1.96 bits per heavy atom. The van der Waals surface area contributed by atoms with Gasteiger partial charge in [0.25, 0.3) is 0 Å². The van der Waals surface area contributed by atoms with Crippen molar-refractivity contribution in [3.8, 4) is 5.88 Å². The molecular formula is C21H26N6O. The molecule has 4 heterocycles. The molecule has 7 nitrogen and oxygen atoms in total. The summed E-state index contributed by atoms with van der Waals surface area (Å²) in [6, 6.07) is 7.88. The van der Waals surface area contributed by atoms with Crippen molar-refractivity contribution in [1.29, 1.82) is 0 Å². The SMILES string of the molecule is CN1CCC(COc2cc(CNc3cc4ccnc(N)c4cn3)ccn2)CC1. The highest BCUT2D eigenvalue weighted by molar-refractivity contribution is 5.91. The van der Waals surface area contributed by atoms with Crippen LogP contribution in [-0.4, -0.2) is 46.6 Å². The molecule has 3 aromatic heterocycles. The van der Waals surface area contributed by atoms with Gasteiger partial charge >= 0.3 is 0 Å². The summed E-state index contributed by atoms with van der Waals surface area (Å²) in [6.45, 7) is 3.67. The average molecular weight is 378 g/mol. The van der Waals surface area contributed by atoms with E-state index in [9.17, 15) is 0 Å². The third-order valence-electron chi connectivity index (χ3n) is 5.26. The van der Waals surface area contributed by atoms with E-state index in [4.69, 9.17) is 10.5 Å². The number of piperidine rings is 1. The molecule has 0 aromatic carbocycles. The highest BCUT2D eigenvalue weighted by Crippen LogP contribution is 2.21. The van der Waals surface area contributed by atoms with Crippen molar-refractivity contribution >= 4 is 22.4 Å². The first kappa shape index (κ1) is 18.4. The van der Waals surface area contributed by atoms with E-state index in [1.807, 2.05) is 24.3 Å². The van der Waals surface area contributed by atoms with Gasteiger partial charge < -0.3 is 20.7 Å². The molecule has 28 heavy (non-hydrogen) atoms. The molecule has 1 saturated heterocycles. The zero-order valence-electron chi connectivity index (χ0n) is 16.1. The number of aromatic nitrogens is 3. The van der Waals surface area contributed by atoms with Gasteiger partial charge in [-0.1, -0.05) is 0 Å². The van der Waals surface area contributed by atoms with Crippen LogP contribution in [0.4, 0.5) is 11.6 Å². The first-order valence-electron chi connectivity index (χ1n) is 9.68. The van der Waals surface area contributed by atoms with E-state index in [1.54, 1.807) is 18.6 Å². The van der Waals surface area contributed by atoms with Crippen molar-refractivity contribution in [1.82, 2.24) is 19.9 Å². The van der Waals surface area contributed by atoms with Gasteiger partial charge in [0.1, 0.15) is 11.6 Å². The maximum Gasteiger partial charge on any atom is 0.213 e. The Kier molecular flexibility index (Phi) is 5.53. The van der Waals surface area contributed by atoms with E-state index in [1.165, 1.54) is 12.8 Å². The second-order valence-corrected chi connectivity index (χ2v) is 7.40. The summed E-state index contributed by atoms with van der Waals surface area (Å²) in [4.78, 5) is 15.2. The van der Waals surface area contributed by atoms with Crippen molar-refractivity contribution in [2.45, 2.75) is 19.4 Å². The lowest BCUT2D eigenvalue weighted by atomic mass is 9.98. The second-order valence-electron chi connectivity index (χ2n) is 7.40. The number of anilines is 2. The minimum Gasteiger partial charge on any atom is -0.477 e. The smallest absolute Gasteiger partial charge is 0.213 e. The van der Waals surface area contributed by atoms with E-state index >= 15 is 0 Å². The normalized spacial score (nSPS) is 15.6. The quantitative estimate of drug-likeness (QED) is 0.682. The van der Waals surface area contributed by atoms with Gasteiger partial charge in [-0.05, 0) is 68.0 Å². The highest BCUT2D eigenvalue weighted by atomic mass is 16.5. The van der Waals surface area contributed by atoms with Crippen LogP contribution in [0.5, 0.6) is 5.88 Å². The fourth-order valence-corrected chi connectivity index (χ4v) is 3.45. The van der Waals surface area contributed by atoms with Crippen LogP contribution in [0, 0.1) is 5.92 Å². The summed E-state index contributed by atoms with van der Waals surface area (Å²) in [6.07, 6.45) is 7.62. The standard InChI is InChI=1S/C21H26N6O/c1-27-8-4-15(5-9-27)14-28-20-10-16(2-6-23-20)12-25-19-11-17-3-7-24-21(22)18(17)13-26-19/h2-3,6-7,10-11,13,15H,4-5,8-9,12,14H2,1H3,(H2,22,24)(H,25,26). The van der Waals surface area contributed by atoms with Gasteiger partial charge in [0.15, 0.2) is 0 Å². The van der Waals surface area contributed by atoms with E-state index < -0.39 is 0 Å². The number of ether oxygens (including phenoxy) is 1. The number of nitrogens with one attached hydrogen (secondary N) is 1. The van der Waals surface area contributed by atoms with Gasteiger partial charge in [-0.25, -0.2) is 15.0 Å². The summed E-state index contributed by atoms with van der Waals surface area (Å²) in [7, 11) is 2.17. The summed E-state index contributed by atoms with van der Waals surface area (Å²) >= 11 is 0. The molecule has 0 bridgehead atoms. The number of nitrogens with two attached hydrogens (primary N) is 1. The molecule has 0 unspecified atom stereocenters. The minimum absolute atomic E-state index is 0.497. The zero-order chi connectivity index (χ0) is 19.3. The lowest BCUT2D eigenvalue weighted by molar-refractivity contribution is 0.157. The predicted molar refractivity (Wildman–Crippen MR) is 111 cm³/mol. The Labute approximate surface area is 165 Å². The number of nitrogen functional groups attached to an aromatic ring is 1. The lowest BCUT2D eigenvalue weighted by Crippen LogP contribution is -2.32. The highest BCUT2D eigenvalue weighted by Gasteiger charge is 2.17. The molecule has 7 heteroatoms. The van der Waals surface area contributed by atoms with Gasteiger partial charge in [0, 0.05) is 36.6 Å². The van der Waals surface area contributed by atoms with Gasteiger partial charge in [0.2, 0.25) is 5.88 Å². The Balaban J connectivity index is 1.34. The van der Waals surface area contributed by atoms with Crippen LogP contribution in [-0.2, 0) is 6.54 Å². The Bertz CT molecular complexity index is 939. The molecule has 0 aliphatic carbocycles. The molecule has 1 fully saturated rings. The molecule has 0 radical (unpaired) electrons. The van der Waals surface area contributed by atoms with Crippen LogP contribution >= 0.6 is 0 Å². The predicted octanol–water partition coefficient (Wildman–Crippen LogP) is 2.94. The topological polar surface area (TPSA) is 89.2 Å². The molecule has 4 rings (SSSR count). The van der Waals surface area contributed by atoms with E-state index in [-0.39, 0.29) is 0 Å². The van der Waals surface area contributed by atoms with Crippen molar-refractivity contribution in [2.75, 3.05) is 37.8 Å². The summed E-state index contributed by atoms with van der Waals surface area (Å²) < 4.78 is 5.95. The monoisotopic (exact) mass is 378 g/mol. The molecule has 3 aromatic rings. The van der Waals surface area contributed by atoms with Gasteiger partial charge in [0.05, 0.1) is 6.61 Å². The number of likely N-dealkylation sites (tertiary alicyclic amines) is 1. The van der Waals surface area contributed by atoms with Crippen LogP contribution in [0.25, 0.3) is 10.8 Å². The summed E-state index contributed by atoms with van der Waals surface area (Å²) in [5.41, 5.74) is 6.98. The van der Waals surface area contributed by atoms with Crippen molar-refractivity contribution in [2.24, 2.45) is 5.92 Å². The molecule has 1 aliphatic rings. The lowest BCUT2D eigenvalue weighted by Gasteiger charge is -2.28. The summed E-state index contributed by atoms with van der Waals surface area (Å²) in [5, 5.41) is 5.23. The number of rotatable bonds is 6. The van der Waals surface area contributed by atoms with Gasteiger partial charge in [-0.15, -0.1) is 0 Å². The fourth-order valence-electron chi connectivity index (χ4n) is 3.45. The van der Waals surface area contributed by atoms with Crippen molar-refractivity contribution < 1.29 is 4.74 Å². The summed E-state index contributed by atoms with van der Waals surface area (Å²) in [5.74, 6) is 2.59. The van der Waals surface area contributed by atoms with Crippen molar-refractivity contribution in [3.63, 3.8) is 0 Å². The van der Waals surface area contributed by atoms with Gasteiger partial charge in [-0.3, -0.25) is 0 Å². The largest absolute Gasteiger partial charge is 0.477 e. The van der Waals surface area contributed by atoms with E-state index in [0.29, 0.717) is 24.2 Å². The second kappa shape index (κ2) is 8.39. The van der Waals surface area contributed by atoms with Crippen LogP contribution in [0.3, 0.4) is 0 Å². The average Bonchev–Trinajstić information content (AvgIpc) is 2.72. The number of nitrogens with zero attached hydrogens (tertiary/aromatic N) is 4. The van der Waals surface area contributed by atoms with Crippen LogP contribution in [0.1, 0.15) is 18.4 Å². The third-order valence-corrected chi connectivity index (χ3v) is 5.26. The molecule has 0 atom stereocenters. The Morgan fingerprint density at radius 1 is 1.14 bits per heavy atom. The zero-order valence-corrected chi connectivity index (χ0v) is 16.1. The van der Waals surface area contributed by atoms with Crippen LogP contribution in [0.15, 0.2) is 42.9 Å². The molecule has 0 amide bonds. The molecule has 146 valence electrons. The van der Waals surface area contributed by atoms with Crippen molar-refractivity contribution in [3.05, 3.63) is 48.4 Å². The number of pyridine rings is 3. The maximum absolute atomic E-state index is 5.95. The van der Waals surface area contributed by atoms with Crippen LogP contribution < -0.4 is 15.8 Å². The van der Waals surface area contributed by atoms with E-state index in [2.05, 4.69) is 32.2 Å². The maximum atomic E-state index is 5.95.